The fourth-order valence-electron chi connectivity index (χ4n) is 4.43. The number of hydrogen-bond donors (Lipinski definition) is 0. The van der Waals surface area contributed by atoms with Crippen LogP contribution in [0.3, 0.4) is 0 Å². The maximum atomic E-state index is 7.32. The predicted molar refractivity (Wildman–Crippen MR) is 136 cm³/mol. The molecule has 172 valence electrons. The van der Waals surface area contributed by atoms with Crippen LogP contribution in [0.5, 0.6) is 0 Å². The van der Waals surface area contributed by atoms with Gasteiger partial charge < -0.3 is 4.90 Å². The predicted octanol–water partition coefficient (Wildman–Crippen LogP) is 7.56. The zero-order chi connectivity index (χ0) is 23.2. The number of benzene rings is 2. The average Bonchev–Trinajstić information content (AvgIpc) is 3.73. The molecule has 0 spiro atoms. The highest BCUT2D eigenvalue weighted by atomic mass is 35.5. The van der Waals surface area contributed by atoms with Gasteiger partial charge in [0.1, 0.15) is 0 Å². The standard InChI is InChI=1S/C26H33Cl2N.C2H3N/c1-3-29(18-13-21-7-5-4-6-8-21)20(2)9-10-22-11-12-23(25(27)14-15-25)24(19-22)26(28)16-17-26;1-2-3/h4-8,11-12,19-20H,3,9-10,13-18H2,1-2H3;1H3. The molecule has 1 atom stereocenters. The molecule has 1 unspecified atom stereocenters. The molecule has 0 aromatic heterocycles. The maximum Gasteiger partial charge on any atom is 0.0699 e. The highest BCUT2D eigenvalue weighted by Gasteiger charge is 2.50. The van der Waals surface area contributed by atoms with Gasteiger partial charge in [-0.2, -0.15) is 5.26 Å². The molecule has 2 aromatic carbocycles. The Hall–Kier alpha value is -1.53. The van der Waals surface area contributed by atoms with Gasteiger partial charge in [-0.05, 0) is 80.7 Å². The Morgan fingerprint density at radius 2 is 1.53 bits per heavy atom. The zero-order valence-electron chi connectivity index (χ0n) is 19.7. The molecule has 4 rings (SSSR count). The van der Waals surface area contributed by atoms with Gasteiger partial charge in [-0.1, -0.05) is 55.5 Å². The SMILES string of the molecule is CC#N.CCN(CCc1ccccc1)C(C)CCc1ccc(C2(Cl)CC2)c(C2(Cl)CC2)c1. The van der Waals surface area contributed by atoms with Crippen molar-refractivity contribution in [2.75, 3.05) is 13.1 Å². The summed E-state index contributed by atoms with van der Waals surface area (Å²) in [5.74, 6) is 0. The summed E-state index contributed by atoms with van der Waals surface area (Å²) < 4.78 is 0. The first-order valence-corrected chi connectivity index (χ1v) is 12.7. The van der Waals surface area contributed by atoms with Gasteiger partial charge in [-0.25, -0.2) is 0 Å². The Labute approximate surface area is 204 Å². The summed E-state index contributed by atoms with van der Waals surface area (Å²) in [5.41, 5.74) is 5.43. The van der Waals surface area contributed by atoms with Crippen LogP contribution in [-0.2, 0) is 22.6 Å². The molecule has 2 aliphatic rings. The first-order valence-electron chi connectivity index (χ1n) is 12.0. The molecule has 0 aliphatic heterocycles. The van der Waals surface area contributed by atoms with Gasteiger partial charge in [0.2, 0.25) is 0 Å². The highest BCUT2D eigenvalue weighted by molar-refractivity contribution is 6.28. The topological polar surface area (TPSA) is 27.0 Å². The monoisotopic (exact) mass is 470 g/mol. The minimum atomic E-state index is -0.146. The van der Waals surface area contributed by atoms with E-state index in [-0.39, 0.29) is 9.75 Å². The van der Waals surface area contributed by atoms with Crippen molar-refractivity contribution in [3.63, 3.8) is 0 Å². The third-order valence-corrected chi connectivity index (χ3v) is 8.00. The van der Waals surface area contributed by atoms with Crippen LogP contribution in [0.2, 0.25) is 0 Å². The van der Waals surface area contributed by atoms with Gasteiger partial charge in [-0.15, -0.1) is 23.2 Å². The number of halogens is 2. The molecule has 2 fully saturated rings. The normalized spacial score (nSPS) is 18.3. The average molecular weight is 472 g/mol. The second-order valence-electron chi connectivity index (χ2n) is 9.29. The molecule has 0 radical (unpaired) electrons. The molecular weight excluding hydrogens is 435 g/mol. The number of hydrogen-bond acceptors (Lipinski definition) is 2. The van der Waals surface area contributed by atoms with Crippen molar-refractivity contribution < 1.29 is 0 Å². The number of alkyl halides is 2. The van der Waals surface area contributed by atoms with E-state index in [1.807, 2.05) is 0 Å². The highest BCUT2D eigenvalue weighted by Crippen LogP contribution is 2.60. The lowest BCUT2D eigenvalue weighted by atomic mass is 9.94. The van der Waals surface area contributed by atoms with Gasteiger partial charge in [0.05, 0.1) is 15.8 Å². The van der Waals surface area contributed by atoms with Crippen molar-refractivity contribution in [2.45, 2.75) is 81.5 Å². The van der Waals surface area contributed by atoms with E-state index >= 15 is 0 Å². The van der Waals surface area contributed by atoms with Gasteiger partial charge >= 0.3 is 0 Å². The summed E-state index contributed by atoms with van der Waals surface area (Å²) in [5, 5.41) is 7.32. The van der Waals surface area contributed by atoms with Crippen LogP contribution in [0.4, 0.5) is 0 Å². The number of rotatable bonds is 10. The molecule has 2 aliphatic carbocycles. The van der Waals surface area contributed by atoms with Crippen LogP contribution < -0.4 is 0 Å². The van der Waals surface area contributed by atoms with Crippen molar-refractivity contribution in [2.24, 2.45) is 0 Å². The molecule has 0 bridgehead atoms. The number of aryl methyl sites for hydroxylation is 1. The maximum absolute atomic E-state index is 7.32. The van der Waals surface area contributed by atoms with Crippen molar-refractivity contribution in [1.29, 1.82) is 5.26 Å². The fourth-order valence-corrected chi connectivity index (χ4v) is 4.94. The Kier molecular flexibility index (Phi) is 8.68. The van der Waals surface area contributed by atoms with E-state index in [1.54, 1.807) is 6.07 Å². The zero-order valence-corrected chi connectivity index (χ0v) is 21.2. The van der Waals surface area contributed by atoms with Crippen LogP contribution in [0.25, 0.3) is 0 Å². The molecule has 0 heterocycles. The van der Waals surface area contributed by atoms with E-state index < -0.39 is 0 Å². The first-order chi connectivity index (χ1) is 15.3. The van der Waals surface area contributed by atoms with Crippen LogP contribution in [-0.4, -0.2) is 24.0 Å². The summed E-state index contributed by atoms with van der Waals surface area (Å²) in [4.78, 5) is 2.32. The Balaban J connectivity index is 0.000000913. The van der Waals surface area contributed by atoms with Crippen molar-refractivity contribution in [3.05, 3.63) is 70.8 Å². The lowest BCUT2D eigenvalue weighted by molar-refractivity contribution is 0.212. The minimum Gasteiger partial charge on any atom is -0.301 e. The smallest absolute Gasteiger partial charge is 0.0699 e. The quantitative estimate of drug-likeness (QED) is 0.334. The molecular formula is C28H36Cl2N2. The van der Waals surface area contributed by atoms with E-state index in [2.05, 4.69) is 67.3 Å². The molecule has 2 nitrogen and oxygen atoms in total. The molecule has 32 heavy (non-hydrogen) atoms. The number of nitriles is 1. The Morgan fingerprint density at radius 3 is 2.09 bits per heavy atom. The molecule has 0 N–H and O–H groups in total. The largest absolute Gasteiger partial charge is 0.301 e. The van der Waals surface area contributed by atoms with Crippen molar-refractivity contribution >= 4 is 23.2 Å². The van der Waals surface area contributed by atoms with Crippen molar-refractivity contribution in [3.8, 4) is 6.07 Å². The van der Waals surface area contributed by atoms with E-state index in [1.165, 1.54) is 35.6 Å². The number of nitrogens with zero attached hydrogens (tertiary/aromatic N) is 2. The number of likely N-dealkylation sites (N-methyl/N-ethyl adjacent to an activating group) is 1. The molecule has 2 aromatic rings. The van der Waals surface area contributed by atoms with E-state index in [0.29, 0.717) is 6.04 Å². The van der Waals surface area contributed by atoms with Gasteiger partial charge in [0.15, 0.2) is 0 Å². The van der Waals surface area contributed by atoms with E-state index in [9.17, 15) is 0 Å². The summed E-state index contributed by atoms with van der Waals surface area (Å²) in [6.45, 7) is 8.28. The Morgan fingerprint density at radius 1 is 0.938 bits per heavy atom. The van der Waals surface area contributed by atoms with Gasteiger partial charge in [0.25, 0.3) is 0 Å². The fraction of sp³-hybridized carbons (Fsp3) is 0.536. The van der Waals surface area contributed by atoms with Crippen molar-refractivity contribution in [1.82, 2.24) is 4.90 Å². The van der Waals surface area contributed by atoms with Gasteiger partial charge in [0, 0.05) is 19.5 Å². The second kappa shape index (κ2) is 11.1. The second-order valence-corrected chi connectivity index (χ2v) is 10.7. The molecule has 0 amide bonds. The van der Waals surface area contributed by atoms with Crippen LogP contribution in [0.15, 0.2) is 48.5 Å². The molecule has 0 saturated heterocycles. The first kappa shape index (κ1) is 25.1. The van der Waals surface area contributed by atoms with Crippen LogP contribution >= 0.6 is 23.2 Å². The summed E-state index contributed by atoms with van der Waals surface area (Å²) in [6.07, 6.45) is 7.70. The Bertz CT molecular complexity index is 911. The third-order valence-electron chi connectivity index (χ3n) is 6.84. The van der Waals surface area contributed by atoms with E-state index in [0.717, 1.165) is 51.6 Å². The third kappa shape index (κ3) is 6.50. The minimum absolute atomic E-state index is 0.137. The van der Waals surface area contributed by atoms with Gasteiger partial charge in [-0.3, -0.25) is 0 Å². The molecule has 2 saturated carbocycles. The molecule has 4 heteroatoms. The lowest BCUT2D eigenvalue weighted by Crippen LogP contribution is -2.35. The van der Waals surface area contributed by atoms with Crippen LogP contribution in [0, 0.1) is 11.3 Å². The van der Waals surface area contributed by atoms with Crippen LogP contribution in [0.1, 0.15) is 75.1 Å². The summed E-state index contributed by atoms with van der Waals surface area (Å²) >= 11 is 13.6. The van der Waals surface area contributed by atoms with E-state index in [4.69, 9.17) is 28.5 Å². The summed E-state index contributed by atoms with van der Waals surface area (Å²) in [7, 11) is 0. The lowest BCUT2D eigenvalue weighted by Gasteiger charge is -2.28. The summed E-state index contributed by atoms with van der Waals surface area (Å²) in [6, 6.07) is 20.0.